The first kappa shape index (κ1) is 20.3. The predicted octanol–water partition coefficient (Wildman–Crippen LogP) is 4.02. The van der Waals surface area contributed by atoms with Crippen LogP contribution in [0.3, 0.4) is 0 Å². The van der Waals surface area contributed by atoms with Crippen molar-refractivity contribution < 1.29 is 19.4 Å². The van der Waals surface area contributed by atoms with Gasteiger partial charge in [0.05, 0.1) is 18.7 Å². The number of carbonyl (C=O) groups excluding carboxylic acids is 2. The van der Waals surface area contributed by atoms with E-state index in [1.165, 1.54) is 12.0 Å². The summed E-state index contributed by atoms with van der Waals surface area (Å²) in [6.07, 6.45) is 3.31. The van der Waals surface area contributed by atoms with E-state index in [-0.39, 0.29) is 17.9 Å². The maximum Gasteiger partial charge on any atom is 0.295 e. The first-order chi connectivity index (χ1) is 15.0. The quantitative estimate of drug-likeness (QED) is 0.388. The van der Waals surface area contributed by atoms with E-state index >= 15 is 0 Å². The smallest absolute Gasteiger partial charge is 0.295 e. The lowest BCUT2D eigenvalue weighted by Crippen LogP contribution is -2.29. The zero-order valence-electron chi connectivity index (χ0n) is 17.3. The Morgan fingerprint density at radius 1 is 1.10 bits per heavy atom. The molecule has 1 aliphatic rings. The molecule has 6 nitrogen and oxygen atoms in total. The van der Waals surface area contributed by atoms with E-state index < -0.39 is 17.7 Å². The van der Waals surface area contributed by atoms with Crippen molar-refractivity contribution in [1.29, 1.82) is 0 Å². The van der Waals surface area contributed by atoms with Crippen LogP contribution in [0.15, 0.2) is 78.6 Å². The first-order valence-electron chi connectivity index (χ1n) is 9.88. The summed E-state index contributed by atoms with van der Waals surface area (Å²) in [7, 11) is 1.53. The largest absolute Gasteiger partial charge is 0.507 e. The molecule has 0 bridgehead atoms. The Bertz CT molecular complexity index is 1150. The number of ether oxygens (including phenoxy) is 1. The number of hydrogen-bond donors (Lipinski definition) is 1. The average Bonchev–Trinajstić information content (AvgIpc) is 3.05. The Kier molecular flexibility index (Phi) is 5.54. The molecule has 0 saturated carbocycles. The summed E-state index contributed by atoms with van der Waals surface area (Å²) < 4.78 is 5.24. The molecule has 1 saturated heterocycles. The van der Waals surface area contributed by atoms with Gasteiger partial charge in [-0.15, -0.1) is 0 Å². The number of nitrogens with zero attached hydrogens (tertiary/aromatic N) is 2. The molecule has 0 spiro atoms. The van der Waals surface area contributed by atoms with Gasteiger partial charge in [0.1, 0.15) is 11.5 Å². The number of pyridine rings is 1. The topological polar surface area (TPSA) is 79.7 Å². The van der Waals surface area contributed by atoms with Crippen LogP contribution in [0.1, 0.15) is 28.3 Å². The van der Waals surface area contributed by atoms with Gasteiger partial charge in [-0.05, 0) is 36.2 Å². The molecule has 0 unspecified atom stereocenters. The van der Waals surface area contributed by atoms with Gasteiger partial charge in [0.25, 0.3) is 11.7 Å². The van der Waals surface area contributed by atoms with Gasteiger partial charge in [0.15, 0.2) is 0 Å². The van der Waals surface area contributed by atoms with Crippen LogP contribution in [0.4, 0.5) is 0 Å². The Morgan fingerprint density at radius 2 is 1.87 bits per heavy atom. The zero-order chi connectivity index (χ0) is 22.0. The van der Waals surface area contributed by atoms with Crippen molar-refractivity contribution in [3.63, 3.8) is 0 Å². The van der Waals surface area contributed by atoms with Gasteiger partial charge in [-0.25, -0.2) is 0 Å². The number of methoxy groups -OCH3 is 1. The van der Waals surface area contributed by atoms with E-state index in [0.29, 0.717) is 11.3 Å². The summed E-state index contributed by atoms with van der Waals surface area (Å²) in [6, 6.07) is 17.3. The van der Waals surface area contributed by atoms with Crippen LogP contribution in [0.2, 0.25) is 0 Å². The van der Waals surface area contributed by atoms with Gasteiger partial charge in [0, 0.05) is 24.5 Å². The molecule has 1 aliphatic heterocycles. The molecule has 6 heteroatoms. The van der Waals surface area contributed by atoms with Crippen LogP contribution < -0.4 is 4.74 Å². The molecular weight excluding hydrogens is 392 g/mol. The lowest BCUT2D eigenvalue weighted by Gasteiger charge is -2.25. The van der Waals surface area contributed by atoms with E-state index in [1.54, 1.807) is 42.7 Å². The number of carbonyl (C=O) groups is 2. The van der Waals surface area contributed by atoms with Crippen LogP contribution in [0.5, 0.6) is 5.75 Å². The van der Waals surface area contributed by atoms with Crippen molar-refractivity contribution in [3.8, 4) is 5.75 Å². The van der Waals surface area contributed by atoms with Gasteiger partial charge in [-0.2, -0.15) is 0 Å². The highest BCUT2D eigenvalue weighted by atomic mass is 16.5. The summed E-state index contributed by atoms with van der Waals surface area (Å²) >= 11 is 0. The molecule has 1 N–H and O–H groups in total. The highest BCUT2D eigenvalue weighted by Gasteiger charge is 2.46. The van der Waals surface area contributed by atoms with Crippen LogP contribution in [0.25, 0.3) is 5.76 Å². The normalized spacial score (nSPS) is 17.7. The SMILES string of the molecule is COc1cccc(/C(O)=C2\C(=O)C(=O)N(Cc3cccnc3)[C@H]2c2ccc(C)cc2)c1. The number of aliphatic hydroxyl groups is 1. The lowest BCUT2D eigenvalue weighted by molar-refractivity contribution is -0.140. The summed E-state index contributed by atoms with van der Waals surface area (Å²) in [5, 5.41) is 11.1. The Balaban J connectivity index is 1.86. The fourth-order valence-corrected chi connectivity index (χ4v) is 3.75. The monoisotopic (exact) mass is 414 g/mol. The molecule has 3 aromatic rings. The molecule has 1 atom stereocenters. The second-order valence-electron chi connectivity index (χ2n) is 7.43. The number of aromatic nitrogens is 1. The minimum Gasteiger partial charge on any atom is -0.507 e. The summed E-state index contributed by atoms with van der Waals surface area (Å²) in [5.74, 6) is -1.05. The number of Topliss-reactive ketones (excluding diaryl/α,β-unsaturated/α-hetero) is 1. The van der Waals surface area contributed by atoms with Gasteiger partial charge in [-0.1, -0.05) is 48.0 Å². The van der Waals surface area contributed by atoms with Gasteiger partial charge < -0.3 is 14.7 Å². The maximum absolute atomic E-state index is 13.1. The number of hydrogen-bond acceptors (Lipinski definition) is 5. The second-order valence-corrected chi connectivity index (χ2v) is 7.43. The highest BCUT2D eigenvalue weighted by molar-refractivity contribution is 6.46. The molecule has 0 aliphatic carbocycles. The van der Waals surface area contributed by atoms with Gasteiger partial charge >= 0.3 is 0 Å². The molecule has 1 fully saturated rings. The Morgan fingerprint density at radius 3 is 2.55 bits per heavy atom. The number of likely N-dealkylation sites (tertiary alicyclic amines) is 1. The van der Waals surface area contributed by atoms with E-state index in [0.717, 1.165) is 16.7 Å². The van der Waals surface area contributed by atoms with Crippen molar-refractivity contribution in [2.45, 2.75) is 19.5 Å². The standard InChI is InChI=1S/C25H22N2O4/c1-16-8-10-18(11-9-16)22-21(23(28)19-6-3-7-20(13-19)31-2)24(29)25(30)27(22)15-17-5-4-12-26-14-17/h3-14,22,28H,15H2,1-2H3/b23-21+/t22-/m0/s1. The summed E-state index contributed by atoms with van der Waals surface area (Å²) in [6.45, 7) is 2.17. The molecule has 2 heterocycles. The minimum atomic E-state index is -0.716. The van der Waals surface area contributed by atoms with Crippen molar-refractivity contribution in [2.75, 3.05) is 7.11 Å². The van der Waals surface area contributed by atoms with E-state index in [1.807, 2.05) is 37.3 Å². The lowest BCUT2D eigenvalue weighted by atomic mass is 9.94. The zero-order valence-corrected chi connectivity index (χ0v) is 17.3. The number of ketones is 1. The fourth-order valence-electron chi connectivity index (χ4n) is 3.75. The van der Waals surface area contributed by atoms with Crippen molar-refractivity contribution >= 4 is 17.4 Å². The molecule has 4 rings (SSSR count). The molecule has 2 aromatic carbocycles. The molecular formula is C25H22N2O4. The summed E-state index contributed by atoms with van der Waals surface area (Å²) in [4.78, 5) is 31.7. The van der Waals surface area contributed by atoms with Crippen molar-refractivity contribution in [2.24, 2.45) is 0 Å². The minimum absolute atomic E-state index is 0.0611. The molecule has 1 aromatic heterocycles. The van der Waals surface area contributed by atoms with E-state index in [4.69, 9.17) is 4.74 Å². The predicted molar refractivity (Wildman–Crippen MR) is 116 cm³/mol. The summed E-state index contributed by atoms with van der Waals surface area (Å²) in [5.41, 5.74) is 3.07. The fraction of sp³-hybridized carbons (Fsp3) is 0.160. The highest BCUT2D eigenvalue weighted by Crippen LogP contribution is 2.40. The third kappa shape index (κ3) is 3.92. The maximum atomic E-state index is 13.1. The number of amides is 1. The van der Waals surface area contributed by atoms with Gasteiger partial charge in [0.2, 0.25) is 0 Å². The van der Waals surface area contributed by atoms with E-state index in [2.05, 4.69) is 4.98 Å². The Hall–Kier alpha value is -3.93. The third-order valence-electron chi connectivity index (χ3n) is 5.35. The van der Waals surface area contributed by atoms with Crippen molar-refractivity contribution in [1.82, 2.24) is 9.88 Å². The molecule has 31 heavy (non-hydrogen) atoms. The number of aliphatic hydroxyl groups excluding tert-OH is 1. The number of rotatable bonds is 5. The van der Waals surface area contributed by atoms with Crippen LogP contribution in [-0.4, -0.2) is 33.8 Å². The van der Waals surface area contributed by atoms with Crippen LogP contribution >= 0.6 is 0 Å². The second kappa shape index (κ2) is 8.44. The number of benzene rings is 2. The first-order valence-corrected chi connectivity index (χ1v) is 9.88. The van der Waals surface area contributed by atoms with Gasteiger partial charge in [-0.3, -0.25) is 14.6 Å². The average molecular weight is 414 g/mol. The van der Waals surface area contributed by atoms with E-state index in [9.17, 15) is 14.7 Å². The van der Waals surface area contributed by atoms with Crippen LogP contribution in [-0.2, 0) is 16.1 Å². The van der Waals surface area contributed by atoms with Crippen molar-refractivity contribution in [3.05, 3.63) is 101 Å². The van der Waals surface area contributed by atoms with Crippen LogP contribution in [0, 0.1) is 6.92 Å². The Labute approximate surface area is 180 Å². The third-order valence-corrected chi connectivity index (χ3v) is 5.35. The molecule has 0 radical (unpaired) electrons. The molecule has 156 valence electrons. The number of aryl methyl sites for hydroxylation is 1. The molecule has 1 amide bonds.